The van der Waals surface area contributed by atoms with E-state index in [-0.39, 0.29) is 0 Å². The molecule has 112 valence electrons. The Morgan fingerprint density at radius 3 is 2.60 bits per heavy atom. The van der Waals surface area contributed by atoms with Crippen LogP contribution in [0.15, 0.2) is 18.2 Å². The Bertz CT molecular complexity index is 467. The SMILES string of the molecule is Cc1cc([C@H](O)CCN)ccc1NC(=O)OC(C)(C)C. The number of rotatable bonds is 4. The van der Waals surface area contributed by atoms with Crippen LogP contribution >= 0.6 is 0 Å². The molecule has 5 heteroatoms. The van der Waals surface area contributed by atoms with Crippen LogP contribution in [0.5, 0.6) is 0 Å². The van der Waals surface area contributed by atoms with Crippen molar-refractivity contribution in [3.63, 3.8) is 0 Å². The topological polar surface area (TPSA) is 84.6 Å². The number of ether oxygens (including phenoxy) is 1. The van der Waals surface area contributed by atoms with E-state index in [0.29, 0.717) is 18.7 Å². The maximum absolute atomic E-state index is 11.7. The third-order valence-corrected chi connectivity index (χ3v) is 2.71. The first-order valence-electron chi connectivity index (χ1n) is 6.71. The molecule has 4 N–H and O–H groups in total. The first-order chi connectivity index (χ1) is 9.23. The molecule has 0 saturated heterocycles. The average Bonchev–Trinajstić information content (AvgIpc) is 2.29. The highest BCUT2D eigenvalue weighted by molar-refractivity contribution is 5.85. The van der Waals surface area contributed by atoms with Crippen LogP contribution in [0, 0.1) is 6.92 Å². The number of carbonyl (C=O) groups excluding carboxylic acids is 1. The molecule has 0 saturated carbocycles. The van der Waals surface area contributed by atoms with E-state index in [2.05, 4.69) is 5.32 Å². The van der Waals surface area contributed by atoms with E-state index < -0.39 is 17.8 Å². The van der Waals surface area contributed by atoms with E-state index in [1.54, 1.807) is 12.1 Å². The number of aryl methyl sites for hydroxylation is 1. The molecule has 0 heterocycles. The predicted molar refractivity (Wildman–Crippen MR) is 79.7 cm³/mol. The minimum absolute atomic E-state index is 0.429. The van der Waals surface area contributed by atoms with Gasteiger partial charge in [-0.25, -0.2) is 4.79 Å². The summed E-state index contributed by atoms with van der Waals surface area (Å²) in [6.45, 7) is 7.73. The number of amides is 1. The van der Waals surface area contributed by atoms with E-state index in [4.69, 9.17) is 10.5 Å². The Morgan fingerprint density at radius 1 is 1.45 bits per heavy atom. The number of nitrogens with one attached hydrogen (secondary N) is 1. The maximum Gasteiger partial charge on any atom is 0.412 e. The number of hydrogen-bond donors (Lipinski definition) is 3. The third kappa shape index (κ3) is 5.19. The normalized spacial score (nSPS) is 12.9. The van der Waals surface area contributed by atoms with Crippen LogP contribution in [-0.4, -0.2) is 23.3 Å². The highest BCUT2D eigenvalue weighted by Crippen LogP contribution is 2.23. The smallest absolute Gasteiger partial charge is 0.412 e. The number of aliphatic hydroxyl groups excluding tert-OH is 1. The van der Waals surface area contributed by atoms with E-state index in [1.807, 2.05) is 33.8 Å². The molecule has 20 heavy (non-hydrogen) atoms. The second kappa shape index (κ2) is 6.72. The van der Waals surface area contributed by atoms with Gasteiger partial charge in [0.05, 0.1) is 6.10 Å². The van der Waals surface area contributed by atoms with Crippen molar-refractivity contribution >= 4 is 11.8 Å². The molecule has 0 spiro atoms. The number of nitrogens with two attached hydrogens (primary N) is 1. The lowest BCUT2D eigenvalue weighted by Crippen LogP contribution is -2.27. The third-order valence-electron chi connectivity index (χ3n) is 2.71. The fraction of sp³-hybridized carbons (Fsp3) is 0.533. The fourth-order valence-electron chi connectivity index (χ4n) is 1.77. The molecule has 0 aliphatic rings. The van der Waals surface area contributed by atoms with Crippen molar-refractivity contribution in [3.8, 4) is 0 Å². The van der Waals surface area contributed by atoms with Gasteiger partial charge >= 0.3 is 6.09 Å². The van der Waals surface area contributed by atoms with Gasteiger partial charge in [-0.15, -0.1) is 0 Å². The molecule has 0 aromatic heterocycles. The maximum atomic E-state index is 11.7. The zero-order valence-corrected chi connectivity index (χ0v) is 12.6. The zero-order chi connectivity index (χ0) is 15.3. The summed E-state index contributed by atoms with van der Waals surface area (Å²) < 4.78 is 5.20. The van der Waals surface area contributed by atoms with Crippen LogP contribution in [0.1, 0.15) is 44.4 Å². The fourth-order valence-corrected chi connectivity index (χ4v) is 1.77. The molecule has 1 atom stereocenters. The Kier molecular flexibility index (Phi) is 5.53. The predicted octanol–water partition coefficient (Wildman–Crippen LogP) is 2.72. The molecule has 0 aliphatic heterocycles. The summed E-state index contributed by atoms with van der Waals surface area (Å²) in [5.74, 6) is 0. The average molecular weight is 280 g/mol. The molecule has 0 radical (unpaired) electrons. The van der Waals surface area contributed by atoms with Crippen LogP contribution in [0.25, 0.3) is 0 Å². The molecule has 5 nitrogen and oxygen atoms in total. The Labute approximate surface area is 120 Å². The second-order valence-corrected chi connectivity index (χ2v) is 5.79. The monoisotopic (exact) mass is 280 g/mol. The molecule has 1 aromatic carbocycles. The molecule has 1 aromatic rings. The zero-order valence-electron chi connectivity index (χ0n) is 12.6. The number of aliphatic hydroxyl groups is 1. The van der Waals surface area contributed by atoms with Crippen molar-refractivity contribution in [2.75, 3.05) is 11.9 Å². The van der Waals surface area contributed by atoms with Crippen molar-refractivity contribution in [1.82, 2.24) is 0 Å². The molecule has 1 rings (SSSR count). The van der Waals surface area contributed by atoms with Gasteiger partial charge in [-0.3, -0.25) is 5.32 Å². The summed E-state index contributed by atoms with van der Waals surface area (Å²) in [5, 5.41) is 12.6. The number of hydrogen-bond acceptors (Lipinski definition) is 4. The van der Waals surface area contributed by atoms with E-state index in [1.165, 1.54) is 0 Å². The van der Waals surface area contributed by atoms with Crippen LogP contribution in [-0.2, 0) is 4.74 Å². The van der Waals surface area contributed by atoms with Gasteiger partial charge in [0, 0.05) is 5.69 Å². The molecular weight excluding hydrogens is 256 g/mol. The number of carbonyl (C=O) groups is 1. The van der Waals surface area contributed by atoms with E-state index in [9.17, 15) is 9.90 Å². The van der Waals surface area contributed by atoms with E-state index in [0.717, 1.165) is 11.1 Å². The molecule has 0 aliphatic carbocycles. The second-order valence-electron chi connectivity index (χ2n) is 5.79. The van der Waals surface area contributed by atoms with Crippen molar-refractivity contribution in [2.45, 2.75) is 45.8 Å². The van der Waals surface area contributed by atoms with Gasteiger partial charge in [-0.2, -0.15) is 0 Å². The van der Waals surface area contributed by atoms with Crippen molar-refractivity contribution in [2.24, 2.45) is 5.73 Å². The van der Waals surface area contributed by atoms with Gasteiger partial charge in [-0.05, 0) is 57.9 Å². The van der Waals surface area contributed by atoms with Gasteiger partial charge < -0.3 is 15.6 Å². The van der Waals surface area contributed by atoms with E-state index >= 15 is 0 Å². The van der Waals surface area contributed by atoms with Gasteiger partial charge in [0.1, 0.15) is 5.60 Å². The van der Waals surface area contributed by atoms with Crippen LogP contribution in [0.4, 0.5) is 10.5 Å². The number of benzene rings is 1. The summed E-state index contributed by atoms with van der Waals surface area (Å²) in [6.07, 6.45) is -0.553. The lowest BCUT2D eigenvalue weighted by atomic mass is 10.0. The summed E-state index contributed by atoms with van der Waals surface area (Å²) in [5.41, 5.74) is 7.22. The Balaban J connectivity index is 2.76. The van der Waals surface area contributed by atoms with Crippen LogP contribution in [0.2, 0.25) is 0 Å². The lowest BCUT2D eigenvalue weighted by molar-refractivity contribution is 0.0636. The number of anilines is 1. The van der Waals surface area contributed by atoms with Gasteiger partial charge in [0.25, 0.3) is 0 Å². The van der Waals surface area contributed by atoms with Crippen molar-refractivity contribution in [3.05, 3.63) is 29.3 Å². The quantitative estimate of drug-likeness (QED) is 0.791. The Morgan fingerprint density at radius 2 is 2.10 bits per heavy atom. The van der Waals surface area contributed by atoms with Crippen LogP contribution < -0.4 is 11.1 Å². The minimum atomic E-state index is -0.575. The van der Waals surface area contributed by atoms with Gasteiger partial charge in [0.2, 0.25) is 0 Å². The highest BCUT2D eigenvalue weighted by atomic mass is 16.6. The van der Waals surface area contributed by atoms with Gasteiger partial charge in [-0.1, -0.05) is 12.1 Å². The molecular formula is C15H24N2O3. The summed E-state index contributed by atoms with van der Waals surface area (Å²) in [6, 6.07) is 5.38. The molecule has 0 bridgehead atoms. The Hall–Kier alpha value is -1.59. The molecule has 1 amide bonds. The minimum Gasteiger partial charge on any atom is -0.444 e. The van der Waals surface area contributed by atoms with Crippen molar-refractivity contribution in [1.29, 1.82) is 0 Å². The largest absolute Gasteiger partial charge is 0.444 e. The highest BCUT2D eigenvalue weighted by Gasteiger charge is 2.17. The van der Waals surface area contributed by atoms with Gasteiger partial charge in [0.15, 0.2) is 0 Å². The summed E-state index contributed by atoms with van der Waals surface area (Å²) >= 11 is 0. The first kappa shape index (κ1) is 16.5. The van der Waals surface area contributed by atoms with Crippen LogP contribution in [0.3, 0.4) is 0 Å². The standard InChI is InChI=1S/C15H24N2O3/c1-10-9-11(13(18)7-8-16)5-6-12(10)17-14(19)20-15(2,3)4/h5-6,9,13,18H,7-8,16H2,1-4H3,(H,17,19)/t13-/m1/s1. The lowest BCUT2D eigenvalue weighted by Gasteiger charge is -2.20. The van der Waals surface area contributed by atoms with Crippen molar-refractivity contribution < 1.29 is 14.6 Å². The molecule has 0 fully saturated rings. The molecule has 0 unspecified atom stereocenters. The summed E-state index contributed by atoms with van der Waals surface area (Å²) in [4.78, 5) is 11.7. The summed E-state index contributed by atoms with van der Waals surface area (Å²) in [7, 11) is 0. The first-order valence-corrected chi connectivity index (χ1v) is 6.71.